The van der Waals surface area contributed by atoms with E-state index in [0.717, 1.165) is 44.4 Å². The molecule has 196 valence electrons. The zero-order chi connectivity index (χ0) is 25.4. The van der Waals surface area contributed by atoms with Gasteiger partial charge >= 0.3 is 6.18 Å². The van der Waals surface area contributed by atoms with Crippen LogP contribution in [-0.4, -0.2) is 67.5 Å². The zero-order valence-electron chi connectivity index (χ0n) is 20.5. The Kier molecular flexibility index (Phi) is 7.09. The summed E-state index contributed by atoms with van der Waals surface area (Å²) in [5.74, 6) is -1.22. The van der Waals surface area contributed by atoms with Crippen molar-refractivity contribution in [3.8, 4) is 0 Å². The fourth-order valence-electron chi connectivity index (χ4n) is 5.57. The van der Waals surface area contributed by atoms with Crippen molar-refractivity contribution >= 4 is 12.2 Å². The van der Waals surface area contributed by atoms with E-state index in [2.05, 4.69) is 27.4 Å². The third-order valence-electron chi connectivity index (χ3n) is 7.89. The highest BCUT2D eigenvalue weighted by molar-refractivity contribution is 5.84. The molecule has 10 heteroatoms. The van der Waals surface area contributed by atoms with Crippen LogP contribution in [0.15, 0.2) is 34.5 Å². The molecule has 1 saturated carbocycles. The van der Waals surface area contributed by atoms with Crippen molar-refractivity contribution in [2.45, 2.75) is 50.9 Å². The quantitative estimate of drug-likeness (QED) is 0.553. The van der Waals surface area contributed by atoms with Gasteiger partial charge in [-0.05, 0) is 67.3 Å². The Balaban J connectivity index is 1.28. The molecule has 36 heavy (non-hydrogen) atoms. The van der Waals surface area contributed by atoms with Crippen LogP contribution in [0.1, 0.15) is 49.7 Å². The maximum Gasteiger partial charge on any atom is 0.419 e. The summed E-state index contributed by atoms with van der Waals surface area (Å²) in [4.78, 5) is 22.3. The SMILES string of the molecule is CC1CCC2=C1C(N1CCN(C(=O)[C@H](CNCC3CC3)c3ccc(C(F)(F)F)c(F)c3)CC1)N=CN2. The van der Waals surface area contributed by atoms with Crippen molar-refractivity contribution < 1.29 is 22.4 Å². The molecule has 2 fully saturated rings. The Bertz CT molecular complexity index is 1040. The van der Waals surface area contributed by atoms with E-state index in [9.17, 15) is 22.4 Å². The minimum atomic E-state index is -4.77. The second kappa shape index (κ2) is 10.1. The summed E-state index contributed by atoms with van der Waals surface area (Å²) in [5, 5.41) is 6.56. The molecule has 0 aromatic heterocycles. The summed E-state index contributed by atoms with van der Waals surface area (Å²) in [5.41, 5.74) is 1.55. The van der Waals surface area contributed by atoms with Crippen molar-refractivity contribution in [1.82, 2.24) is 20.4 Å². The number of carbonyl (C=O) groups excluding carboxylic acids is 1. The third kappa shape index (κ3) is 5.29. The van der Waals surface area contributed by atoms with Crippen molar-refractivity contribution in [3.63, 3.8) is 0 Å². The van der Waals surface area contributed by atoms with Gasteiger partial charge in [0.25, 0.3) is 0 Å². The van der Waals surface area contributed by atoms with Crippen LogP contribution in [0.3, 0.4) is 0 Å². The van der Waals surface area contributed by atoms with Crippen molar-refractivity contribution in [2.75, 3.05) is 39.3 Å². The largest absolute Gasteiger partial charge is 0.419 e. The highest BCUT2D eigenvalue weighted by Crippen LogP contribution is 2.37. The second-order valence-electron chi connectivity index (χ2n) is 10.4. The van der Waals surface area contributed by atoms with E-state index < -0.39 is 23.5 Å². The molecular formula is C26H33F4N5O. The number of hydrogen-bond acceptors (Lipinski definition) is 5. The van der Waals surface area contributed by atoms with Gasteiger partial charge in [0, 0.05) is 38.4 Å². The standard InChI is InChI=1S/C26H33F4N5O/c1-16-2-7-22-23(16)24(33-15-32-22)34-8-10-35(11-9-34)25(36)19(14-31-13-17-3-4-17)18-5-6-20(21(27)12-18)26(28,29)30/h5-6,12,15-17,19,24,31H,2-4,7-11,13-14H2,1H3,(H,32,33)/t16?,19-,24?/m1/s1. The van der Waals surface area contributed by atoms with E-state index >= 15 is 0 Å². The molecule has 1 aromatic rings. The van der Waals surface area contributed by atoms with Gasteiger partial charge in [0.15, 0.2) is 0 Å². The average molecular weight is 508 g/mol. The number of benzene rings is 1. The molecule has 4 aliphatic rings. The number of alkyl halides is 3. The molecular weight excluding hydrogens is 474 g/mol. The Labute approximate surface area is 208 Å². The molecule has 6 nitrogen and oxygen atoms in total. The number of carbonyl (C=O) groups is 1. The number of piperazine rings is 1. The van der Waals surface area contributed by atoms with Gasteiger partial charge in [0.05, 0.1) is 17.8 Å². The maximum absolute atomic E-state index is 14.4. The number of hydrogen-bond donors (Lipinski definition) is 2. The van der Waals surface area contributed by atoms with Crippen LogP contribution in [0.4, 0.5) is 17.6 Å². The van der Waals surface area contributed by atoms with Crippen molar-refractivity contribution in [2.24, 2.45) is 16.8 Å². The van der Waals surface area contributed by atoms with Gasteiger partial charge in [-0.2, -0.15) is 13.2 Å². The molecule has 1 aromatic carbocycles. The molecule has 1 amide bonds. The lowest BCUT2D eigenvalue weighted by Crippen LogP contribution is -2.54. The number of rotatable bonds is 7. The maximum atomic E-state index is 14.4. The first-order valence-corrected chi connectivity index (χ1v) is 12.8. The fraction of sp³-hybridized carbons (Fsp3) is 0.615. The lowest BCUT2D eigenvalue weighted by atomic mass is 9.95. The molecule has 2 N–H and O–H groups in total. The highest BCUT2D eigenvalue weighted by Gasteiger charge is 2.38. The van der Waals surface area contributed by atoms with Gasteiger partial charge in [0.1, 0.15) is 12.0 Å². The predicted octanol–water partition coefficient (Wildman–Crippen LogP) is 3.71. The topological polar surface area (TPSA) is 60.0 Å². The summed E-state index contributed by atoms with van der Waals surface area (Å²) in [6.45, 7) is 5.55. The average Bonchev–Trinajstić information content (AvgIpc) is 3.61. The van der Waals surface area contributed by atoms with Gasteiger partial charge in [-0.3, -0.25) is 14.7 Å². The first-order chi connectivity index (χ1) is 17.2. The first-order valence-electron chi connectivity index (χ1n) is 12.8. The number of aliphatic imine (C=N–C) groups is 1. The summed E-state index contributed by atoms with van der Waals surface area (Å²) in [6, 6.07) is 2.86. The summed E-state index contributed by atoms with van der Waals surface area (Å²) in [7, 11) is 0. The molecule has 2 aliphatic heterocycles. The zero-order valence-corrected chi connectivity index (χ0v) is 20.5. The Morgan fingerprint density at radius 3 is 2.61 bits per heavy atom. The second-order valence-corrected chi connectivity index (χ2v) is 10.4. The Hall–Kier alpha value is -2.46. The van der Waals surface area contributed by atoms with Crippen LogP contribution in [0.5, 0.6) is 0 Å². The van der Waals surface area contributed by atoms with E-state index in [0.29, 0.717) is 38.0 Å². The number of nitrogens with zero attached hydrogens (tertiary/aromatic N) is 3. The van der Waals surface area contributed by atoms with Crippen LogP contribution in [0, 0.1) is 17.7 Å². The molecule has 2 aliphatic carbocycles. The van der Waals surface area contributed by atoms with E-state index in [1.54, 1.807) is 11.2 Å². The third-order valence-corrected chi connectivity index (χ3v) is 7.89. The van der Waals surface area contributed by atoms with Crippen LogP contribution in [0.2, 0.25) is 0 Å². The van der Waals surface area contributed by atoms with Gasteiger partial charge < -0.3 is 15.5 Å². The van der Waals surface area contributed by atoms with Crippen molar-refractivity contribution in [1.29, 1.82) is 0 Å². The van der Waals surface area contributed by atoms with E-state index in [-0.39, 0.29) is 24.2 Å². The van der Waals surface area contributed by atoms with E-state index in [1.807, 2.05) is 0 Å². The van der Waals surface area contributed by atoms with E-state index in [1.165, 1.54) is 17.3 Å². The molecule has 0 radical (unpaired) electrons. The van der Waals surface area contributed by atoms with E-state index in [4.69, 9.17) is 0 Å². The summed E-state index contributed by atoms with van der Waals surface area (Å²) < 4.78 is 53.6. The molecule has 0 bridgehead atoms. The number of halogens is 4. The molecule has 2 unspecified atom stereocenters. The Morgan fingerprint density at radius 2 is 1.94 bits per heavy atom. The smallest absolute Gasteiger partial charge is 0.350 e. The number of nitrogens with one attached hydrogen (secondary N) is 2. The lowest BCUT2D eigenvalue weighted by Gasteiger charge is -2.41. The fourth-order valence-corrected chi connectivity index (χ4v) is 5.57. The van der Waals surface area contributed by atoms with Gasteiger partial charge in [-0.25, -0.2) is 4.39 Å². The lowest BCUT2D eigenvalue weighted by molar-refractivity contribution is -0.140. The molecule has 2 heterocycles. The van der Waals surface area contributed by atoms with Crippen LogP contribution < -0.4 is 10.6 Å². The predicted molar refractivity (Wildman–Crippen MR) is 129 cm³/mol. The summed E-state index contributed by atoms with van der Waals surface area (Å²) >= 11 is 0. The normalized spacial score (nSPS) is 25.6. The van der Waals surface area contributed by atoms with Crippen LogP contribution in [0.25, 0.3) is 0 Å². The molecule has 3 atom stereocenters. The number of amides is 1. The summed E-state index contributed by atoms with van der Waals surface area (Å²) in [6.07, 6.45) is 1.38. The number of allylic oxidation sites excluding steroid dienone is 1. The minimum Gasteiger partial charge on any atom is -0.350 e. The van der Waals surface area contributed by atoms with Crippen LogP contribution in [-0.2, 0) is 11.0 Å². The highest BCUT2D eigenvalue weighted by atomic mass is 19.4. The monoisotopic (exact) mass is 507 g/mol. The molecule has 1 saturated heterocycles. The Morgan fingerprint density at radius 1 is 1.19 bits per heavy atom. The minimum absolute atomic E-state index is 0.0176. The molecule has 5 rings (SSSR count). The van der Waals surface area contributed by atoms with Crippen molar-refractivity contribution in [3.05, 3.63) is 46.4 Å². The molecule has 0 spiro atoms. The van der Waals surface area contributed by atoms with Gasteiger partial charge in [-0.1, -0.05) is 13.0 Å². The first kappa shape index (κ1) is 25.2. The van der Waals surface area contributed by atoms with Gasteiger partial charge in [-0.15, -0.1) is 0 Å². The van der Waals surface area contributed by atoms with Crippen LogP contribution >= 0.6 is 0 Å². The van der Waals surface area contributed by atoms with Gasteiger partial charge in [0.2, 0.25) is 5.91 Å².